The molecule has 1 saturated heterocycles. The number of halogens is 1. The Bertz CT molecular complexity index is 580. The van der Waals surface area contributed by atoms with E-state index in [-0.39, 0.29) is 23.8 Å². The summed E-state index contributed by atoms with van der Waals surface area (Å²) in [6, 6.07) is 3.58. The van der Waals surface area contributed by atoms with Crippen LogP contribution < -0.4 is 11.1 Å². The van der Waals surface area contributed by atoms with E-state index in [1.165, 1.54) is 24.2 Å². The summed E-state index contributed by atoms with van der Waals surface area (Å²) >= 11 is 7.18. The normalized spacial score (nSPS) is 20.3. The van der Waals surface area contributed by atoms with Crippen LogP contribution in [0.1, 0.15) is 35.4 Å². The third-order valence-electron chi connectivity index (χ3n) is 4.68. The number of hydrogen-bond acceptors (Lipinski definition) is 4. The van der Waals surface area contributed by atoms with Gasteiger partial charge in [0.2, 0.25) is 5.91 Å². The van der Waals surface area contributed by atoms with Crippen LogP contribution in [0, 0.1) is 11.8 Å². The minimum absolute atomic E-state index is 0.0107. The molecular formula is C16H22ClN3O2S. The molecule has 1 aliphatic carbocycles. The Kier molecular flexibility index (Phi) is 5.24. The highest BCUT2D eigenvalue weighted by molar-refractivity contribution is 7.17. The molecule has 1 saturated carbocycles. The van der Waals surface area contributed by atoms with Crippen LogP contribution in [0.3, 0.4) is 0 Å². The maximum atomic E-state index is 12.3. The molecule has 0 spiro atoms. The second-order valence-corrected chi connectivity index (χ2v) is 8.13. The van der Waals surface area contributed by atoms with Gasteiger partial charge in [-0.3, -0.25) is 9.59 Å². The molecule has 1 aromatic heterocycles. The molecule has 126 valence electrons. The van der Waals surface area contributed by atoms with Crippen molar-refractivity contribution in [2.24, 2.45) is 17.6 Å². The third kappa shape index (κ3) is 4.25. The van der Waals surface area contributed by atoms with Gasteiger partial charge in [-0.25, -0.2) is 0 Å². The van der Waals surface area contributed by atoms with E-state index in [1.54, 1.807) is 12.1 Å². The molecule has 2 fully saturated rings. The van der Waals surface area contributed by atoms with Crippen LogP contribution in [0.25, 0.3) is 0 Å². The van der Waals surface area contributed by atoms with E-state index in [1.807, 2.05) is 4.90 Å². The fraction of sp³-hybridized carbons (Fsp3) is 0.625. The second-order valence-electron chi connectivity index (χ2n) is 6.42. The second kappa shape index (κ2) is 7.20. The van der Waals surface area contributed by atoms with Crippen molar-refractivity contribution in [3.05, 3.63) is 21.3 Å². The molecule has 2 heterocycles. The molecule has 1 unspecified atom stereocenters. The number of thiophene rings is 1. The molecule has 5 nitrogen and oxygen atoms in total. The van der Waals surface area contributed by atoms with Gasteiger partial charge in [0.25, 0.3) is 5.91 Å². The van der Waals surface area contributed by atoms with Crippen LogP contribution in [0.15, 0.2) is 12.1 Å². The average Bonchev–Trinajstić information content (AvgIpc) is 3.33. The van der Waals surface area contributed by atoms with E-state index in [0.29, 0.717) is 47.6 Å². The number of piperidine rings is 1. The molecule has 3 rings (SSSR count). The van der Waals surface area contributed by atoms with Crippen LogP contribution in [-0.4, -0.2) is 42.4 Å². The smallest absolute Gasteiger partial charge is 0.263 e. The summed E-state index contributed by atoms with van der Waals surface area (Å²) in [5, 5.41) is 2.97. The molecule has 1 aromatic rings. The van der Waals surface area contributed by atoms with Gasteiger partial charge < -0.3 is 16.0 Å². The molecule has 0 aromatic carbocycles. The van der Waals surface area contributed by atoms with E-state index >= 15 is 0 Å². The monoisotopic (exact) mass is 355 g/mol. The van der Waals surface area contributed by atoms with Crippen molar-refractivity contribution < 1.29 is 9.59 Å². The van der Waals surface area contributed by atoms with Gasteiger partial charge in [0.15, 0.2) is 0 Å². The van der Waals surface area contributed by atoms with Crippen LogP contribution >= 0.6 is 22.9 Å². The summed E-state index contributed by atoms with van der Waals surface area (Å²) in [4.78, 5) is 27.0. The minimum atomic E-state index is -0.0163. The van der Waals surface area contributed by atoms with Gasteiger partial charge in [-0.05, 0) is 43.7 Å². The summed E-state index contributed by atoms with van der Waals surface area (Å²) in [7, 11) is 0. The van der Waals surface area contributed by atoms with Crippen molar-refractivity contribution in [3.8, 4) is 0 Å². The topological polar surface area (TPSA) is 75.4 Å². The van der Waals surface area contributed by atoms with Gasteiger partial charge in [-0.2, -0.15) is 0 Å². The first kappa shape index (κ1) is 16.7. The number of amides is 2. The quantitative estimate of drug-likeness (QED) is 0.849. The maximum absolute atomic E-state index is 12.3. The Labute approximate surface area is 145 Å². The average molecular weight is 356 g/mol. The van der Waals surface area contributed by atoms with E-state index in [0.717, 1.165) is 0 Å². The van der Waals surface area contributed by atoms with Gasteiger partial charge in [0, 0.05) is 31.6 Å². The Morgan fingerprint density at radius 1 is 1.30 bits per heavy atom. The van der Waals surface area contributed by atoms with Crippen LogP contribution in [0.5, 0.6) is 0 Å². The zero-order valence-electron chi connectivity index (χ0n) is 13.0. The zero-order valence-corrected chi connectivity index (χ0v) is 14.5. The number of rotatable bonds is 5. The fourth-order valence-electron chi connectivity index (χ4n) is 2.98. The van der Waals surface area contributed by atoms with Gasteiger partial charge in [0.1, 0.15) is 0 Å². The lowest BCUT2D eigenvalue weighted by molar-refractivity contribution is -0.126. The van der Waals surface area contributed by atoms with Gasteiger partial charge in [-0.15, -0.1) is 11.3 Å². The van der Waals surface area contributed by atoms with Crippen LogP contribution in [0.4, 0.5) is 0 Å². The molecule has 2 amide bonds. The minimum Gasteiger partial charge on any atom is -0.354 e. The first-order valence-electron chi connectivity index (χ1n) is 8.12. The van der Waals surface area contributed by atoms with Crippen LogP contribution in [0.2, 0.25) is 4.34 Å². The van der Waals surface area contributed by atoms with Gasteiger partial charge in [-0.1, -0.05) is 11.6 Å². The predicted molar refractivity (Wildman–Crippen MR) is 91.7 cm³/mol. The van der Waals surface area contributed by atoms with E-state index in [4.69, 9.17) is 17.3 Å². The zero-order chi connectivity index (χ0) is 16.4. The van der Waals surface area contributed by atoms with Crippen molar-refractivity contribution in [1.82, 2.24) is 10.2 Å². The third-order valence-corrected chi connectivity index (χ3v) is 5.90. The molecular weight excluding hydrogens is 334 g/mol. The maximum Gasteiger partial charge on any atom is 0.263 e. The first-order chi connectivity index (χ1) is 11.0. The molecule has 23 heavy (non-hydrogen) atoms. The summed E-state index contributed by atoms with van der Waals surface area (Å²) in [6.45, 7) is 1.79. The van der Waals surface area contributed by atoms with E-state index in [2.05, 4.69) is 5.32 Å². The summed E-state index contributed by atoms with van der Waals surface area (Å²) < 4.78 is 0.620. The summed E-state index contributed by atoms with van der Waals surface area (Å²) in [5.41, 5.74) is 6.01. The SMILES string of the molecule is NC(CNC(=O)C1CCN(C(=O)c2ccc(Cl)s2)CC1)C1CC1. The van der Waals surface area contributed by atoms with Crippen molar-refractivity contribution in [3.63, 3.8) is 0 Å². The highest BCUT2D eigenvalue weighted by atomic mass is 35.5. The number of nitrogens with zero attached hydrogens (tertiary/aromatic N) is 1. The Morgan fingerprint density at radius 3 is 2.57 bits per heavy atom. The molecule has 0 bridgehead atoms. The van der Waals surface area contributed by atoms with Crippen molar-refractivity contribution in [1.29, 1.82) is 0 Å². The summed E-state index contributed by atoms with van der Waals surface area (Å²) in [6.07, 6.45) is 3.78. The number of carbonyl (C=O) groups excluding carboxylic acids is 2. The molecule has 7 heteroatoms. The lowest BCUT2D eigenvalue weighted by Gasteiger charge is -2.31. The molecule has 0 radical (unpaired) electrons. The highest BCUT2D eigenvalue weighted by Crippen LogP contribution is 2.31. The van der Waals surface area contributed by atoms with Crippen molar-refractivity contribution in [2.45, 2.75) is 31.7 Å². The van der Waals surface area contributed by atoms with E-state index < -0.39 is 0 Å². The lowest BCUT2D eigenvalue weighted by Crippen LogP contribution is -2.45. The van der Waals surface area contributed by atoms with Gasteiger partial charge in [0.05, 0.1) is 9.21 Å². The molecule has 1 aliphatic heterocycles. The number of likely N-dealkylation sites (tertiary alicyclic amines) is 1. The van der Waals surface area contributed by atoms with Crippen molar-refractivity contribution in [2.75, 3.05) is 19.6 Å². The largest absolute Gasteiger partial charge is 0.354 e. The number of nitrogens with one attached hydrogen (secondary N) is 1. The standard InChI is InChI=1S/C16H22ClN3O2S/c17-14-4-3-13(23-14)16(22)20-7-5-11(6-8-20)15(21)19-9-12(18)10-1-2-10/h3-4,10-12H,1-2,5-9,18H2,(H,19,21). The fourth-order valence-corrected chi connectivity index (χ4v) is 3.99. The first-order valence-corrected chi connectivity index (χ1v) is 9.32. The number of hydrogen-bond donors (Lipinski definition) is 2. The molecule has 3 N–H and O–H groups in total. The van der Waals surface area contributed by atoms with Gasteiger partial charge >= 0.3 is 0 Å². The Morgan fingerprint density at radius 2 is 2.00 bits per heavy atom. The predicted octanol–water partition coefficient (Wildman–Crippen LogP) is 2.11. The Balaban J connectivity index is 1.44. The Hall–Kier alpha value is -1.11. The number of nitrogens with two attached hydrogens (primary N) is 1. The summed E-state index contributed by atoms with van der Waals surface area (Å²) in [5.74, 6) is 0.661. The van der Waals surface area contributed by atoms with E-state index in [9.17, 15) is 9.59 Å². The van der Waals surface area contributed by atoms with Crippen molar-refractivity contribution >= 4 is 34.8 Å². The molecule has 2 aliphatic rings. The number of carbonyl (C=O) groups is 2. The van der Waals surface area contributed by atoms with Crippen LogP contribution in [-0.2, 0) is 4.79 Å². The lowest BCUT2D eigenvalue weighted by atomic mass is 9.95. The highest BCUT2D eigenvalue weighted by Gasteiger charge is 2.31. The molecule has 1 atom stereocenters.